The van der Waals surface area contributed by atoms with Crippen LogP contribution in [0.5, 0.6) is 11.8 Å². The van der Waals surface area contributed by atoms with E-state index in [1.807, 2.05) is 0 Å². The van der Waals surface area contributed by atoms with Crippen LogP contribution in [-0.2, 0) is 46.3 Å². The van der Waals surface area contributed by atoms with Gasteiger partial charge in [-0.3, -0.25) is 13.7 Å². The Labute approximate surface area is 303 Å². The molecule has 0 aliphatic carbocycles. The Morgan fingerprint density at radius 2 is 1.19 bits per heavy atom. The standard InChI is InChI=1S/C30H23N5O14S4/c36-21-5-1-16(2-6-21)15-47-30-34-28(31-19-3-7-24-17(9-19)11-22(50-49-48-37)13-26(24)52(41,42)43)33-29(35-30)32-20-4-8-25-18(10-20)12-23(51(38,39)40)14-27(25)53(44,45)46/h1-14,36-37H,15H2,(H,38,39,40)(H,41,42,43)(H,44,45,46)(H2,31,32,33,34,35). The molecule has 0 amide bonds. The molecule has 7 N–H and O–H groups in total. The topological polar surface area (TPSA) is 294 Å². The van der Waals surface area contributed by atoms with Crippen LogP contribution < -0.4 is 15.4 Å². The Morgan fingerprint density at radius 3 is 1.72 bits per heavy atom. The number of ether oxygens (including phenoxy) is 1. The number of benzene rings is 5. The van der Waals surface area contributed by atoms with Gasteiger partial charge < -0.3 is 20.5 Å². The third-order valence-electron chi connectivity index (χ3n) is 7.22. The van der Waals surface area contributed by atoms with Crippen LogP contribution in [0, 0.1) is 0 Å². The van der Waals surface area contributed by atoms with Crippen LogP contribution in [0.1, 0.15) is 5.56 Å². The Hall–Kier alpha value is -5.21. The highest BCUT2D eigenvalue weighted by Crippen LogP contribution is 2.34. The molecule has 0 radical (unpaired) electrons. The number of aromatic hydroxyl groups is 1. The van der Waals surface area contributed by atoms with Gasteiger partial charge in [0.2, 0.25) is 11.9 Å². The first-order chi connectivity index (χ1) is 25.0. The Balaban J connectivity index is 1.39. The molecule has 0 aliphatic rings. The molecule has 6 rings (SSSR count). The summed E-state index contributed by atoms with van der Waals surface area (Å²) in [5, 5.41) is 27.9. The van der Waals surface area contributed by atoms with Crippen molar-refractivity contribution in [1.29, 1.82) is 0 Å². The van der Waals surface area contributed by atoms with Gasteiger partial charge >= 0.3 is 6.01 Å². The number of rotatable bonds is 13. The lowest BCUT2D eigenvalue weighted by molar-refractivity contribution is -0.432. The number of hydrogen-bond donors (Lipinski definition) is 7. The van der Waals surface area contributed by atoms with Gasteiger partial charge in [-0.25, -0.2) is 5.26 Å². The SMILES string of the molecule is O=S(=O)(O)c1cc(S(=O)(=O)O)c2ccc(Nc3nc(Nc4ccc5c(S(=O)(=O)O)cc(SOOO)cc5c4)nc(OCc4ccc(O)cc4)n3)cc2c1. The van der Waals surface area contributed by atoms with E-state index < -0.39 is 45.0 Å². The molecule has 1 aromatic heterocycles. The second-order valence-electron chi connectivity index (χ2n) is 10.8. The van der Waals surface area contributed by atoms with Gasteiger partial charge in [0.1, 0.15) is 22.1 Å². The maximum Gasteiger partial charge on any atom is 0.323 e. The van der Waals surface area contributed by atoms with Crippen LogP contribution in [0.25, 0.3) is 21.5 Å². The lowest BCUT2D eigenvalue weighted by Crippen LogP contribution is -2.08. The molecule has 0 saturated carbocycles. The largest absolute Gasteiger partial charge is 0.508 e. The summed E-state index contributed by atoms with van der Waals surface area (Å²) in [6.45, 7) is -0.0512. The summed E-state index contributed by atoms with van der Waals surface area (Å²) >= 11 is 0.465. The number of aromatic nitrogens is 3. The molecule has 0 unspecified atom stereocenters. The van der Waals surface area contributed by atoms with Gasteiger partial charge in [0.05, 0.1) is 16.9 Å². The van der Waals surface area contributed by atoms with Crippen LogP contribution in [0.2, 0.25) is 0 Å². The predicted octanol–water partition coefficient (Wildman–Crippen LogP) is 5.12. The molecule has 0 aliphatic heterocycles. The van der Waals surface area contributed by atoms with Gasteiger partial charge in [0.25, 0.3) is 30.4 Å². The molecule has 0 saturated heterocycles. The van der Waals surface area contributed by atoms with Crippen LogP contribution in [0.4, 0.5) is 23.3 Å². The number of hydrogen-bond acceptors (Lipinski definition) is 17. The van der Waals surface area contributed by atoms with Crippen LogP contribution >= 0.6 is 12.0 Å². The van der Waals surface area contributed by atoms with E-state index in [1.165, 1.54) is 54.6 Å². The fourth-order valence-corrected chi connectivity index (χ4v) is 7.60. The van der Waals surface area contributed by atoms with E-state index in [4.69, 9.17) is 9.99 Å². The van der Waals surface area contributed by atoms with Crippen molar-refractivity contribution in [3.63, 3.8) is 0 Å². The lowest BCUT2D eigenvalue weighted by Gasteiger charge is -2.13. The van der Waals surface area contributed by atoms with Crippen molar-refractivity contribution in [3.05, 3.63) is 90.5 Å². The highest BCUT2D eigenvalue weighted by atomic mass is 32.2. The molecule has 0 fully saturated rings. The van der Waals surface area contributed by atoms with Crippen LogP contribution in [0.15, 0.2) is 105 Å². The molecule has 5 aromatic carbocycles. The monoisotopic (exact) mass is 805 g/mol. The maximum absolute atomic E-state index is 12.1. The summed E-state index contributed by atoms with van der Waals surface area (Å²) in [5.74, 6) is -0.213. The smallest absolute Gasteiger partial charge is 0.323 e. The van der Waals surface area contributed by atoms with E-state index in [1.54, 1.807) is 12.1 Å². The van der Waals surface area contributed by atoms with Crippen molar-refractivity contribution in [2.24, 2.45) is 0 Å². The van der Waals surface area contributed by atoms with Crippen molar-refractivity contribution < 1.29 is 63.4 Å². The Morgan fingerprint density at radius 1 is 0.642 bits per heavy atom. The fraction of sp³-hybridized carbons (Fsp3) is 0.0333. The number of fused-ring (bicyclic) bond motifs is 2. The van der Waals surface area contributed by atoms with Gasteiger partial charge in [0, 0.05) is 27.0 Å². The average Bonchev–Trinajstić information content (AvgIpc) is 3.08. The molecule has 0 spiro atoms. The summed E-state index contributed by atoms with van der Waals surface area (Å²) in [5.41, 5.74) is 1.14. The Bertz CT molecular complexity index is 2720. The molecular weight excluding hydrogens is 783 g/mol. The normalized spacial score (nSPS) is 12.2. The van der Waals surface area contributed by atoms with E-state index in [9.17, 15) is 44.0 Å². The minimum Gasteiger partial charge on any atom is -0.508 e. The highest BCUT2D eigenvalue weighted by Gasteiger charge is 2.21. The third-order valence-corrected chi connectivity index (χ3v) is 10.4. The van der Waals surface area contributed by atoms with E-state index in [-0.39, 0.29) is 62.4 Å². The maximum atomic E-state index is 12.1. The summed E-state index contributed by atoms with van der Waals surface area (Å²) in [6, 6.07) is 18.4. The molecule has 0 atom stereocenters. The minimum atomic E-state index is -4.92. The summed E-state index contributed by atoms with van der Waals surface area (Å²) < 4.78 is 111. The molecule has 0 bridgehead atoms. The number of nitrogens with zero attached hydrogens (tertiary/aromatic N) is 3. The zero-order valence-electron chi connectivity index (χ0n) is 26.2. The van der Waals surface area contributed by atoms with Gasteiger partial charge in [-0.2, -0.15) is 40.2 Å². The second-order valence-corrected chi connectivity index (χ2v) is 15.8. The Kier molecular flexibility index (Phi) is 10.4. The molecule has 1 heterocycles. The molecule has 23 heteroatoms. The number of phenolic OH excluding ortho intramolecular Hbond substituents is 1. The second kappa shape index (κ2) is 14.7. The molecule has 19 nitrogen and oxygen atoms in total. The van der Waals surface area contributed by atoms with Crippen molar-refractivity contribution in [3.8, 4) is 11.8 Å². The van der Waals surface area contributed by atoms with Crippen LogP contribution in [-0.4, -0.2) is 64.2 Å². The molecule has 53 heavy (non-hydrogen) atoms. The van der Waals surface area contributed by atoms with Gasteiger partial charge in [-0.15, -0.1) is 4.33 Å². The first kappa shape index (κ1) is 37.5. The first-order valence-electron chi connectivity index (χ1n) is 14.4. The minimum absolute atomic E-state index is 0.0112. The van der Waals surface area contributed by atoms with E-state index in [2.05, 4.69) is 35.0 Å². The number of anilines is 4. The third kappa shape index (κ3) is 9.06. The average molecular weight is 806 g/mol. The van der Waals surface area contributed by atoms with Gasteiger partial charge in [0.15, 0.2) is 0 Å². The lowest BCUT2D eigenvalue weighted by atomic mass is 10.1. The van der Waals surface area contributed by atoms with Gasteiger partial charge in [-0.05, 0) is 77.0 Å². The highest BCUT2D eigenvalue weighted by molar-refractivity contribution is 7.94. The summed E-state index contributed by atoms with van der Waals surface area (Å²) in [7, 11) is -14.5. The zero-order valence-corrected chi connectivity index (χ0v) is 29.4. The van der Waals surface area contributed by atoms with Crippen molar-refractivity contribution in [2.45, 2.75) is 26.2 Å². The van der Waals surface area contributed by atoms with E-state index >= 15 is 0 Å². The van der Waals surface area contributed by atoms with Crippen molar-refractivity contribution in [2.75, 3.05) is 10.6 Å². The summed E-state index contributed by atoms with van der Waals surface area (Å²) in [6.07, 6.45) is 0. The predicted molar refractivity (Wildman–Crippen MR) is 187 cm³/mol. The number of phenols is 1. The summed E-state index contributed by atoms with van der Waals surface area (Å²) in [4.78, 5) is 11.0. The van der Waals surface area contributed by atoms with Gasteiger partial charge in [-0.1, -0.05) is 29.3 Å². The van der Waals surface area contributed by atoms with E-state index in [0.29, 0.717) is 29.4 Å². The van der Waals surface area contributed by atoms with E-state index in [0.717, 1.165) is 12.1 Å². The van der Waals surface area contributed by atoms with Crippen molar-refractivity contribution >= 4 is 87.2 Å². The molecule has 276 valence electrons. The number of nitrogens with one attached hydrogen (secondary N) is 2. The zero-order chi connectivity index (χ0) is 38.1. The van der Waals surface area contributed by atoms with Crippen LogP contribution in [0.3, 0.4) is 0 Å². The van der Waals surface area contributed by atoms with Crippen molar-refractivity contribution in [1.82, 2.24) is 15.0 Å². The fourth-order valence-electron chi connectivity index (χ4n) is 4.98. The first-order valence-corrected chi connectivity index (χ1v) is 19.5. The quantitative estimate of drug-likeness (QED) is 0.0345. The molecular formula is C30H23N5O14S4. The molecule has 6 aromatic rings.